The van der Waals surface area contributed by atoms with Gasteiger partial charge in [0.15, 0.2) is 0 Å². The second-order valence-corrected chi connectivity index (χ2v) is 3.72. The van der Waals surface area contributed by atoms with Crippen molar-refractivity contribution >= 4 is 22.9 Å². The van der Waals surface area contributed by atoms with Crippen molar-refractivity contribution < 1.29 is 9.53 Å². The van der Waals surface area contributed by atoms with Gasteiger partial charge in [-0.05, 0) is 37.3 Å². The van der Waals surface area contributed by atoms with Crippen LogP contribution < -0.4 is 0 Å². The first-order valence-corrected chi connectivity index (χ1v) is 5.60. The summed E-state index contributed by atoms with van der Waals surface area (Å²) in [4.78, 5) is 14.3. The molecule has 0 unspecified atom stereocenters. The van der Waals surface area contributed by atoms with Crippen molar-refractivity contribution in [2.24, 2.45) is 0 Å². The number of aromatic amines is 1. The molecule has 0 aliphatic rings. The topological polar surface area (TPSA) is 65.9 Å². The third-order valence-corrected chi connectivity index (χ3v) is 2.46. The molecule has 0 bridgehead atoms. The molecular weight excluding hydrogens is 228 g/mol. The number of aromatic nitrogens is 1. The van der Waals surface area contributed by atoms with E-state index in [1.54, 1.807) is 25.1 Å². The van der Waals surface area contributed by atoms with E-state index in [1.165, 1.54) is 6.08 Å². The molecule has 0 saturated heterocycles. The van der Waals surface area contributed by atoms with Crippen LogP contribution in [0.5, 0.6) is 0 Å². The number of H-pyrrole nitrogens is 1. The van der Waals surface area contributed by atoms with Crippen molar-refractivity contribution in [1.82, 2.24) is 4.98 Å². The van der Waals surface area contributed by atoms with Gasteiger partial charge in [0.05, 0.1) is 18.2 Å². The molecule has 4 nitrogen and oxygen atoms in total. The number of ether oxygens (including phenoxy) is 1. The van der Waals surface area contributed by atoms with Crippen molar-refractivity contribution in [3.8, 4) is 6.07 Å². The highest BCUT2D eigenvalue weighted by Gasteiger charge is 2.00. The average molecular weight is 240 g/mol. The molecule has 0 aliphatic carbocycles. The average Bonchev–Trinajstić information content (AvgIpc) is 2.78. The number of nitrogens with one attached hydrogen (secondary N) is 1. The largest absolute Gasteiger partial charge is 0.463 e. The van der Waals surface area contributed by atoms with Crippen LogP contribution in [0.4, 0.5) is 0 Å². The number of nitrogens with zero attached hydrogens (tertiary/aromatic N) is 1. The fraction of sp³-hybridized carbons (Fsp3) is 0.143. The molecule has 18 heavy (non-hydrogen) atoms. The summed E-state index contributed by atoms with van der Waals surface area (Å²) >= 11 is 0. The van der Waals surface area contributed by atoms with Crippen LogP contribution in [0.1, 0.15) is 18.2 Å². The maximum Gasteiger partial charge on any atom is 0.330 e. The minimum atomic E-state index is -0.367. The van der Waals surface area contributed by atoms with Crippen molar-refractivity contribution in [3.05, 3.63) is 41.6 Å². The highest BCUT2D eigenvalue weighted by Crippen LogP contribution is 2.17. The first-order valence-electron chi connectivity index (χ1n) is 5.60. The van der Waals surface area contributed by atoms with Crippen LogP contribution in [-0.4, -0.2) is 17.6 Å². The first kappa shape index (κ1) is 11.9. The molecule has 0 saturated carbocycles. The third-order valence-electron chi connectivity index (χ3n) is 2.46. The first-order chi connectivity index (χ1) is 8.72. The zero-order chi connectivity index (χ0) is 13.0. The van der Waals surface area contributed by atoms with Crippen LogP contribution in [-0.2, 0) is 9.53 Å². The van der Waals surface area contributed by atoms with Crippen LogP contribution in [0.15, 0.2) is 30.3 Å². The maximum atomic E-state index is 11.2. The molecule has 0 amide bonds. The van der Waals surface area contributed by atoms with Gasteiger partial charge in [-0.15, -0.1) is 0 Å². The van der Waals surface area contributed by atoms with Crippen LogP contribution >= 0.6 is 0 Å². The zero-order valence-electron chi connectivity index (χ0n) is 9.93. The summed E-state index contributed by atoms with van der Waals surface area (Å²) in [6.45, 7) is 2.12. The predicted molar refractivity (Wildman–Crippen MR) is 68.7 cm³/mol. The molecule has 1 aromatic heterocycles. The Kier molecular flexibility index (Phi) is 3.44. The lowest BCUT2D eigenvalue weighted by molar-refractivity contribution is -0.137. The highest BCUT2D eigenvalue weighted by atomic mass is 16.5. The van der Waals surface area contributed by atoms with Gasteiger partial charge in [-0.2, -0.15) is 5.26 Å². The second kappa shape index (κ2) is 5.19. The van der Waals surface area contributed by atoms with E-state index in [9.17, 15) is 4.79 Å². The van der Waals surface area contributed by atoms with Gasteiger partial charge in [0.25, 0.3) is 0 Å². The van der Waals surface area contributed by atoms with Crippen LogP contribution in [0.3, 0.4) is 0 Å². The number of benzene rings is 1. The van der Waals surface area contributed by atoms with E-state index < -0.39 is 0 Å². The number of hydrogen-bond acceptors (Lipinski definition) is 3. The molecule has 0 spiro atoms. The van der Waals surface area contributed by atoms with Crippen LogP contribution in [0.25, 0.3) is 17.0 Å². The van der Waals surface area contributed by atoms with E-state index in [1.807, 2.05) is 12.1 Å². The van der Waals surface area contributed by atoms with E-state index in [4.69, 9.17) is 10.00 Å². The quantitative estimate of drug-likeness (QED) is 0.662. The monoisotopic (exact) mass is 240 g/mol. The molecule has 0 aliphatic heterocycles. The number of carbonyl (C=O) groups excluding carboxylic acids is 1. The lowest BCUT2D eigenvalue weighted by atomic mass is 10.2. The van der Waals surface area contributed by atoms with E-state index in [2.05, 4.69) is 11.1 Å². The molecule has 2 aromatic rings. The number of hydrogen-bond donors (Lipinski definition) is 1. The molecule has 1 N–H and O–H groups in total. The van der Waals surface area contributed by atoms with Gasteiger partial charge in [-0.25, -0.2) is 4.79 Å². The molecule has 1 aromatic carbocycles. The Balaban J connectivity index is 2.25. The minimum absolute atomic E-state index is 0.363. The smallest absolute Gasteiger partial charge is 0.330 e. The third kappa shape index (κ3) is 2.58. The molecule has 0 radical (unpaired) electrons. The van der Waals surface area contributed by atoms with E-state index >= 15 is 0 Å². The SMILES string of the molecule is CCOC(=O)C=Cc1cc2cc(C#N)ccc2[nH]1. The van der Waals surface area contributed by atoms with Gasteiger partial charge in [-0.3, -0.25) is 0 Å². The van der Waals surface area contributed by atoms with Crippen molar-refractivity contribution in [1.29, 1.82) is 5.26 Å². The lowest BCUT2D eigenvalue weighted by Gasteiger charge is -1.93. The molecule has 2 rings (SSSR count). The van der Waals surface area contributed by atoms with Gasteiger partial charge in [0, 0.05) is 22.7 Å². The van der Waals surface area contributed by atoms with Gasteiger partial charge in [-0.1, -0.05) is 0 Å². The predicted octanol–water partition coefficient (Wildman–Crippen LogP) is 2.62. The number of rotatable bonds is 3. The van der Waals surface area contributed by atoms with Crippen molar-refractivity contribution in [2.45, 2.75) is 6.92 Å². The fourth-order valence-corrected chi connectivity index (χ4v) is 1.66. The fourth-order valence-electron chi connectivity index (χ4n) is 1.66. The van der Waals surface area contributed by atoms with Gasteiger partial charge >= 0.3 is 5.97 Å². The maximum absolute atomic E-state index is 11.2. The second-order valence-electron chi connectivity index (χ2n) is 3.72. The molecule has 4 heteroatoms. The normalized spacial score (nSPS) is 10.7. The van der Waals surface area contributed by atoms with E-state index in [0.29, 0.717) is 12.2 Å². The Morgan fingerprint density at radius 1 is 1.50 bits per heavy atom. The Labute approximate surface area is 104 Å². The molecule has 0 atom stereocenters. The Bertz CT molecular complexity index is 647. The summed E-state index contributed by atoms with van der Waals surface area (Å²) < 4.78 is 4.79. The zero-order valence-corrected chi connectivity index (χ0v) is 9.93. The Morgan fingerprint density at radius 3 is 3.06 bits per heavy atom. The van der Waals surface area contributed by atoms with E-state index in [0.717, 1.165) is 16.6 Å². The minimum Gasteiger partial charge on any atom is -0.463 e. The van der Waals surface area contributed by atoms with Crippen LogP contribution in [0.2, 0.25) is 0 Å². The lowest BCUT2D eigenvalue weighted by Crippen LogP contribution is -1.98. The summed E-state index contributed by atoms with van der Waals surface area (Å²) in [5.74, 6) is -0.367. The molecular formula is C14H12N2O2. The summed E-state index contributed by atoms with van der Waals surface area (Å²) in [6, 6.07) is 9.36. The highest BCUT2D eigenvalue weighted by molar-refractivity contribution is 5.89. The summed E-state index contributed by atoms with van der Waals surface area (Å²) in [5, 5.41) is 9.75. The van der Waals surface area contributed by atoms with Crippen molar-refractivity contribution in [3.63, 3.8) is 0 Å². The van der Waals surface area contributed by atoms with Gasteiger partial charge in [0.2, 0.25) is 0 Å². The summed E-state index contributed by atoms with van der Waals surface area (Å²) in [7, 11) is 0. The Morgan fingerprint density at radius 2 is 2.33 bits per heavy atom. The number of carbonyl (C=O) groups is 1. The number of nitriles is 1. The number of fused-ring (bicyclic) bond motifs is 1. The summed E-state index contributed by atoms with van der Waals surface area (Å²) in [5.41, 5.74) is 2.34. The summed E-state index contributed by atoms with van der Waals surface area (Å²) in [6.07, 6.45) is 3.03. The van der Waals surface area contributed by atoms with E-state index in [-0.39, 0.29) is 5.97 Å². The Hall–Kier alpha value is -2.54. The van der Waals surface area contributed by atoms with Crippen LogP contribution in [0, 0.1) is 11.3 Å². The molecule has 90 valence electrons. The standard InChI is InChI=1S/C14H12N2O2/c1-2-18-14(17)6-4-12-8-11-7-10(9-15)3-5-13(11)16-12/h3-8,16H,2H2,1H3. The molecule has 1 heterocycles. The molecule has 0 fully saturated rings. The number of esters is 1. The van der Waals surface area contributed by atoms with Crippen molar-refractivity contribution in [2.75, 3.05) is 6.61 Å². The van der Waals surface area contributed by atoms with Gasteiger partial charge in [0.1, 0.15) is 0 Å². The van der Waals surface area contributed by atoms with Gasteiger partial charge < -0.3 is 9.72 Å².